The van der Waals surface area contributed by atoms with Gasteiger partial charge in [0.05, 0.1) is 52.9 Å². The Morgan fingerprint density at radius 2 is 0.734 bits per heavy atom. The van der Waals surface area contributed by atoms with Crippen molar-refractivity contribution in [2.24, 2.45) is 0 Å². The predicted octanol–water partition coefficient (Wildman–Crippen LogP) is 9.99. The summed E-state index contributed by atoms with van der Waals surface area (Å²) in [5.74, 6) is -2.83. The summed E-state index contributed by atoms with van der Waals surface area (Å²) in [7, 11) is -1.66. The first-order valence-electron chi connectivity index (χ1n) is 32.0. The summed E-state index contributed by atoms with van der Waals surface area (Å²) in [5.41, 5.74) is 5.15. The fourth-order valence-electron chi connectivity index (χ4n) is 11.3. The molecule has 0 aliphatic carbocycles. The number of hydrogen-bond acceptors (Lipinski definition) is 19. The average molecular weight is 1310 g/mol. The highest BCUT2D eigenvalue weighted by Crippen LogP contribution is 2.39. The van der Waals surface area contributed by atoms with Crippen LogP contribution < -0.4 is 5.32 Å². The molecule has 0 spiro atoms. The molecule has 0 aromatic heterocycles. The fraction of sp³-hybridized carbons (Fsp3) is 0.452. The Morgan fingerprint density at radius 1 is 0.372 bits per heavy atom. The Balaban J connectivity index is 1.21. The largest absolute Gasteiger partial charge is 0.463 e. The smallest absolute Gasteiger partial charge is 0.303 e. The van der Waals surface area contributed by atoms with Gasteiger partial charge >= 0.3 is 17.9 Å². The van der Waals surface area contributed by atoms with Crippen molar-refractivity contribution in [1.29, 1.82) is 0 Å². The summed E-state index contributed by atoms with van der Waals surface area (Å²) in [6.45, 7) is 12.0. The maximum atomic E-state index is 13.6. The number of nitrogens with one attached hydrogen (secondary N) is 1. The number of benzene rings is 6. The van der Waals surface area contributed by atoms with E-state index in [2.05, 4.69) is 25.0 Å². The van der Waals surface area contributed by atoms with E-state index in [0.29, 0.717) is 6.61 Å². The predicted molar refractivity (Wildman–Crippen MR) is 347 cm³/mol. The van der Waals surface area contributed by atoms with E-state index >= 15 is 0 Å². The minimum Gasteiger partial charge on any atom is -0.463 e. The van der Waals surface area contributed by atoms with Gasteiger partial charge < -0.3 is 76.4 Å². The third kappa shape index (κ3) is 22.0. The molecule has 3 aliphatic heterocycles. The second-order valence-electron chi connectivity index (χ2n) is 24.7. The van der Waals surface area contributed by atoms with Gasteiger partial charge in [-0.2, -0.15) is 0 Å². The van der Waals surface area contributed by atoms with Crippen molar-refractivity contribution < 1.29 is 90.2 Å². The van der Waals surface area contributed by atoms with Crippen LogP contribution in [0.25, 0.3) is 0 Å². The molecule has 94 heavy (non-hydrogen) atoms. The summed E-state index contributed by atoms with van der Waals surface area (Å²) >= 11 is 0. The topological polar surface area (TPSA) is 219 Å². The van der Waals surface area contributed by atoms with E-state index in [4.69, 9.17) is 71.1 Å². The minimum atomic E-state index is -1.66. The maximum absolute atomic E-state index is 13.6. The first-order chi connectivity index (χ1) is 45.5. The van der Waals surface area contributed by atoms with Crippen molar-refractivity contribution in [3.63, 3.8) is 0 Å². The second-order valence-corrected chi connectivity index (χ2v) is 30.4. The van der Waals surface area contributed by atoms with Crippen LogP contribution in [0.5, 0.6) is 0 Å². The van der Waals surface area contributed by atoms with Crippen molar-refractivity contribution in [2.75, 3.05) is 26.4 Å². The summed E-state index contributed by atoms with van der Waals surface area (Å²) in [6.07, 6.45) is -17.2. The lowest BCUT2D eigenvalue weighted by molar-refractivity contribution is -0.388. The molecule has 0 radical (unpaired) electrons. The van der Waals surface area contributed by atoms with E-state index < -0.39 is 131 Å². The van der Waals surface area contributed by atoms with Crippen LogP contribution in [0, 0.1) is 0 Å². The van der Waals surface area contributed by atoms with E-state index in [0.717, 1.165) is 39.4 Å². The highest BCUT2D eigenvalue weighted by atomic mass is 28.3. The van der Waals surface area contributed by atoms with Crippen molar-refractivity contribution in [3.8, 4) is 0 Å². The number of carbonyl (C=O) groups is 4. The second kappa shape index (κ2) is 36.2. The average Bonchev–Trinajstić information content (AvgIpc) is 0.863. The Morgan fingerprint density at radius 3 is 1.16 bits per heavy atom. The first kappa shape index (κ1) is 71.2. The number of rotatable bonds is 33. The highest BCUT2D eigenvalue weighted by molar-refractivity contribution is 6.76. The third-order valence-electron chi connectivity index (χ3n) is 15.9. The first-order valence-corrected chi connectivity index (χ1v) is 35.7. The quantitative estimate of drug-likeness (QED) is 0.0230. The molecular weight excluding hydrogens is 1220 g/mol. The van der Waals surface area contributed by atoms with Gasteiger partial charge in [0.25, 0.3) is 0 Å². The molecule has 1 N–H and O–H groups in total. The maximum Gasteiger partial charge on any atom is 0.303 e. The SMILES string of the molecule is CC(=O)N[C@H]1[C@@H](O[C@H]2[C@@H](OCc3ccccc3)[C@@H](COCc3ccccc3)O[C@@H](O[C@H]3[C@H](OCc4ccccc4)[C@@H](OCc4ccccc4)[C@H](OCC[Si](C)(C)C)O[C@@H]3COCc3ccccc3)[C@@H]2OCc2ccccc2)O[C@H](COC(C)=O)[C@H](OC(C)=O)[C@@H]1OC(C)=O. The Kier molecular flexibility index (Phi) is 27.4. The summed E-state index contributed by atoms with van der Waals surface area (Å²) in [4.78, 5) is 52.4. The Labute approximate surface area is 551 Å². The number of carbonyl (C=O) groups excluding carboxylic acids is 4. The molecule has 3 aliphatic rings. The van der Waals surface area contributed by atoms with Crippen LogP contribution in [0.15, 0.2) is 182 Å². The molecule has 0 bridgehead atoms. The van der Waals surface area contributed by atoms with Crippen molar-refractivity contribution in [1.82, 2.24) is 5.32 Å². The summed E-state index contributed by atoms with van der Waals surface area (Å²) in [5, 5.41) is 2.87. The molecule has 3 saturated heterocycles. The summed E-state index contributed by atoms with van der Waals surface area (Å²) < 4.78 is 103. The van der Waals surface area contributed by atoms with Crippen LogP contribution in [0.3, 0.4) is 0 Å². The number of ether oxygens (including phenoxy) is 15. The monoisotopic (exact) mass is 1310 g/mol. The Bertz CT molecular complexity index is 3210. The van der Waals surface area contributed by atoms with Gasteiger partial charge in [-0.3, -0.25) is 19.2 Å². The molecule has 0 unspecified atom stereocenters. The summed E-state index contributed by atoms with van der Waals surface area (Å²) in [6, 6.07) is 57.5. The lowest BCUT2D eigenvalue weighted by Crippen LogP contribution is -2.70. The van der Waals surface area contributed by atoms with E-state index in [1.807, 2.05) is 182 Å². The fourth-order valence-corrected chi connectivity index (χ4v) is 12.1. The van der Waals surface area contributed by atoms with E-state index in [9.17, 15) is 19.2 Å². The molecular formula is C73H89NO19Si. The van der Waals surface area contributed by atoms with Crippen LogP contribution >= 0.6 is 0 Å². The van der Waals surface area contributed by atoms with Crippen molar-refractivity contribution >= 4 is 31.9 Å². The van der Waals surface area contributed by atoms with Gasteiger partial charge in [0.15, 0.2) is 31.1 Å². The van der Waals surface area contributed by atoms with E-state index in [1.165, 1.54) is 27.7 Å². The van der Waals surface area contributed by atoms with Gasteiger partial charge in [-0.25, -0.2) is 0 Å². The molecule has 504 valence electrons. The minimum absolute atomic E-state index is 0.0212. The molecule has 3 heterocycles. The molecule has 6 aromatic rings. The van der Waals surface area contributed by atoms with Gasteiger partial charge in [0, 0.05) is 42.4 Å². The standard InChI is InChI=1S/C73H89NO19Si/c1-49(75)74-62-66(88-52(4)78)64(87-51(3)77)61(48-82-50(2)76)89-71(62)93-68-63(83-42-55-30-18-10-19-31-55)59(46-79-40-53-26-14-8-15-27-53)91-73(70(68)86-45-58-36-24-13-25-37-58)92-65-60(47-80-41-54-28-16-9-17-29-54)90-72(81-38-39-94(5,6)7)69(85-44-57-34-22-12-23-35-57)67(65)84-43-56-32-20-11-21-33-56/h8-37,59-73H,38-48H2,1-7H3,(H,74,75)/t59-,60-,61-,62-,63+,64+,65-,66-,67+,68+,69-,70-,71-,72-,73+/m1/s1. The van der Waals surface area contributed by atoms with Crippen LogP contribution in [-0.2, 0) is 130 Å². The lowest BCUT2D eigenvalue weighted by Gasteiger charge is -2.51. The zero-order valence-corrected chi connectivity index (χ0v) is 55.5. The van der Waals surface area contributed by atoms with E-state index in [-0.39, 0.29) is 52.9 Å². The molecule has 1 amide bonds. The zero-order chi connectivity index (χ0) is 66.2. The molecule has 3 fully saturated rings. The molecule has 20 nitrogen and oxygen atoms in total. The molecule has 15 atom stereocenters. The third-order valence-corrected chi connectivity index (χ3v) is 17.6. The normalized spacial score (nSPS) is 26.2. The van der Waals surface area contributed by atoms with Crippen LogP contribution in [0.4, 0.5) is 0 Å². The molecule has 21 heteroatoms. The molecule has 9 rings (SSSR count). The van der Waals surface area contributed by atoms with Crippen molar-refractivity contribution in [2.45, 2.75) is 185 Å². The lowest BCUT2D eigenvalue weighted by atomic mass is 9.94. The Hall–Kier alpha value is -7.06. The van der Waals surface area contributed by atoms with Gasteiger partial charge in [-0.1, -0.05) is 202 Å². The number of amides is 1. The molecule has 6 aromatic carbocycles. The van der Waals surface area contributed by atoms with Gasteiger partial charge in [0.1, 0.15) is 67.6 Å². The van der Waals surface area contributed by atoms with E-state index in [1.54, 1.807) is 0 Å². The van der Waals surface area contributed by atoms with Gasteiger partial charge in [-0.15, -0.1) is 0 Å². The number of hydrogen-bond donors (Lipinski definition) is 1. The number of esters is 3. The van der Waals surface area contributed by atoms with Crippen LogP contribution in [0.2, 0.25) is 25.7 Å². The van der Waals surface area contributed by atoms with Crippen LogP contribution in [0.1, 0.15) is 61.1 Å². The van der Waals surface area contributed by atoms with Crippen molar-refractivity contribution in [3.05, 3.63) is 215 Å². The molecule has 0 saturated carbocycles. The van der Waals surface area contributed by atoms with Crippen LogP contribution in [-0.4, -0.2) is 150 Å². The zero-order valence-electron chi connectivity index (χ0n) is 54.5. The van der Waals surface area contributed by atoms with Gasteiger partial charge in [0.2, 0.25) is 5.91 Å². The van der Waals surface area contributed by atoms with Gasteiger partial charge in [-0.05, 0) is 39.4 Å². The highest BCUT2D eigenvalue weighted by Gasteiger charge is 2.58.